The predicted octanol–water partition coefficient (Wildman–Crippen LogP) is 4.49. The van der Waals surface area contributed by atoms with Crippen molar-refractivity contribution < 1.29 is 12.6 Å². The highest BCUT2D eigenvalue weighted by Gasteiger charge is 2.24. The maximum Gasteiger partial charge on any atom is 0.297 e. The zero-order valence-corrected chi connectivity index (χ0v) is 14.1. The van der Waals surface area contributed by atoms with Crippen LogP contribution in [-0.2, 0) is 14.3 Å². The van der Waals surface area contributed by atoms with Gasteiger partial charge in [0.2, 0.25) is 0 Å². The van der Waals surface area contributed by atoms with Crippen LogP contribution in [0.5, 0.6) is 0 Å². The van der Waals surface area contributed by atoms with Gasteiger partial charge in [0.15, 0.2) is 0 Å². The van der Waals surface area contributed by atoms with Crippen LogP contribution in [0.15, 0.2) is 89.8 Å². The highest BCUT2D eigenvalue weighted by atomic mass is 32.2. The van der Waals surface area contributed by atoms with E-state index in [4.69, 9.17) is 4.18 Å². The van der Waals surface area contributed by atoms with E-state index in [9.17, 15) is 8.42 Å². The van der Waals surface area contributed by atoms with Gasteiger partial charge in [0.05, 0.1) is 4.90 Å². The van der Waals surface area contributed by atoms with E-state index in [0.717, 1.165) is 16.7 Å². The van der Waals surface area contributed by atoms with Crippen molar-refractivity contribution in [3.05, 3.63) is 102 Å². The Bertz CT molecular complexity index is 847. The molecule has 0 aromatic heterocycles. The van der Waals surface area contributed by atoms with Gasteiger partial charge in [0.1, 0.15) is 6.10 Å². The fraction of sp³-hybridized carbons (Fsp3) is 0.100. The second-order valence-corrected chi connectivity index (χ2v) is 7.14. The molecule has 0 aliphatic heterocycles. The van der Waals surface area contributed by atoms with E-state index in [1.807, 2.05) is 67.6 Å². The Morgan fingerprint density at radius 3 is 1.62 bits per heavy atom. The molecule has 0 heterocycles. The lowest BCUT2D eigenvalue weighted by molar-refractivity contribution is 0.253. The Balaban J connectivity index is 1.99. The number of aryl methyl sites for hydroxylation is 1. The quantitative estimate of drug-likeness (QED) is 0.644. The van der Waals surface area contributed by atoms with Crippen molar-refractivity contribution in [2.75, 3.05) is 0 Å². The van der Waals surface area contributed by atoms with Crippen LogP contribution >= 0.6 is 0 Å². The Hall–Kier alpha value is -2.43. The van der Waals surface area contributed by atoms with Gasteiger partial charge in [-0.2, -0.15) is 8.42 Å². The maximum atomic E-state index is 12.7. The normalized spacial score (nSPS) is 11.6. The minimum absolute atomic E-state index is 0.157. The maximum absolute atomic E-state index is 12.7. The largest absolute Gasteiger partial charge is 0.297 e. The second-order valence-electron chi connectivity index (χ2n) is 5.56. The lowest BCUT2D eigenvalue weighted by Crippen LogP contribution is -2.13. The molecule has 4 heteroatoms. The molecule has 0 fully saturated rings. The summed E-state index contributed by atoms with van der Waals surface area (Å²) in [6, 6.07) is 25.4. The summed E-state index contributed by atoms with van der Waals surface area (Å²) in [6.07, 6.45) is -0.682. The number of hydrogen-bond acceptors (Lipinski definition) is 3. The molecule has 3 nitrogen and oxygen atoms in total. The number of hydrogen-bond donors (Lipinski definition) is 0. The van der Waals surface area contributed by atoms with Crippen molar-refractivity contribution in [3.63, 3.8) is 0 Å². The molecule has 0 radical (unpaired) electrons. The topological polar surface area (TPSA) is 43.4 Å². The number of benzene rings is 3. The monoisotopic (exact) mass is 338 g/mol. The molecule has 0 saturated carbocycles. The van der Waals surface area contributed by atoms with E-state index >= 15 is 0 Å². The zero-order valence-electron chi connectivity index (χ0n) is 13.3. The summed E-state index contributed by atoms with van der Waals surface area (Å²) in [7, 11) is -3.87. The van der Waals surface area contributed by atoms with Gasteiger partial charge in [-0.3, -0.25) is 4.18 Å². The summed E-state index contributed by atoms with van der Waals surface area (Å²) in [5, 5.41) is 0. The summed E-state index contributed by atoms with van der Waals surface area (Å²) < 4.78 is 31.0. The first kappa shape index (κ1) is 16.4. The third-order valence-corrected chi connectivity index (χ3v) is 5.03. The van der Waals surface area contributed by atoms with Crippen LogP contribution in [0.1, 0.15) is 22.8 Å². The van der Waals surface area contributed by atoms with E-state index in [1.165, 1.54) is 0 Å². The molecular weight excluding hydrogens is 320 g/mol. The van der Waals surface area contributed by atoms with Gasteiger partial charge in [-0.25, -0.2) is 0 Å². The first-order valence-corrected chi connectivity index (χ1v) is 9.07. The summed E-state index contributed by atoms with van der Waals surface area (Å²) in [6.45, 7) is 1.91. The van der Waals surface area contributed by atoms with E-state index in [1.54, 1.807) is 24.3 Å². The van der Waals surface area contributed by atoms with Gasteiger partial charge in [0, 0.05) is 0 Å². The average Bonchev–Trinajstić information content (AvgIpc) is 2.62. The molecule has 0 spiro atoms. The van der Waals surface area contributed by atoms with Crippen molar-refractivity contribution in [3.8, 4) is 0 Å². The molecule has 0 aliphatic rings. The van der Waals surface area contributed by atoms with Crippen LogP contribution in [-0.4, -0.2) is 8.42 Å². The van der Waals surface area contributed by atoms with Crippen LogP contribution < -0.4 is 0 Å². The average molecular weight is 338 g/mol. The van der Waals surface area contributed by atoms with Crippen LogP contribution in [0.25, 0.3) is 0 Å². The van der Waals surface area contributed by atoms with E-state index in [2.05, 4.69) is 0 Å². The molecule has 0 N–H and O–H groups in total. The molecule has 0 amide bonds. The molecule has 122 valence electrons. The molecule has 0 unspecified atom stereocenters. The molecule has 3 rings (SSSR count). The smallest absolute Gasteiger partial charge is 0.253 e. The molecule has 24 heavy (non-hydrogen) atoms. The van der Waals surface area contributed by atoms with Crippen molar-refractivity contribution >= 4 is 10.1 Å². The zero-order chi connectivity index (χ0) is 17.0. The van der Waals surface area contributed by atoms with E-state index in [-0.39, 0.29) is 4.90 Å². The lowest BCUT2D eigenvalue weighted by atomic mass is 10.0. The third-order valence-electron chi connectivity index (χ3n) is 3.74. The Kier molecular flexibility index (Phi) is 4.79. The van der Waals surface area contributed by atoms with Crippen LogP contribution in [0.3, 0.4) is 0 Å². The van der Waals surface area contributed by atoms with Gasteiger partial charge in [-0.1, -0.05) is 78.4 Å². The van der Waals surface area contributed by atoms with Crippen molar-refractivity contribution in [2.24, 2.45) is 0 Å². The summed E-state index contributed by atoms with van der Waals surface area (Å²) in [5.41, 5.74) is 2.58. The molecule has 3 aromatic carbocycles. The minimum Gasteiger partial charge on any atom is -0.253 e. The van der Waals surface area contributed by atoms with Crippen LogP contribution in [0.4, 0.5) is 0 Å². The highest BCUT2D eigenvalue weighted by molar-refractivity contribution is 7.86. The first-order valence-electron chi connectivity index (χ1n) is 7.66. The van der Waals surface area contributed by atoms with Crippen molar-refractivity contribution in [2.45, 2.75) is 17.9 Å². The van der Waals surface area contributed by atoms with Gasteiger partial charge in [-0.05, 0) is 30.2 Å². The fourth-order valence-electron chi connectivity index (χ4n) is 2.45. The molecule has 0 bridgehead atoms. The van der Waals surface area contributed by atoms with Crippen LogP contribution in [0.2, 0.25) is 0 Å². The van der Waals surface area contributed by atoms with Gasteiger partial charge < -0.3 is 0 Å². The Morgan fingerprint density at radius 2 is 1.17 bits per heavy atom. The molecule has 0 saturated heterocycles. The van der Waals surface area contributed by atoms with Gasteiger partial charge in [0.25, 0.3) is 10.1 Å². The van der Waals surface area contributed by atoms with Crippen molar-refractivity contribution in [1.82, 2.24) is 0 Å². The molecule has 3 aromatic rings. The van der Waals surface area contributed by atoms with Gasteiger partial charge >= 0.3 is 0 Å². The highest BCUT2D eigenvalue weighted by Crippen LogP contribution is 2.30. The lowest BCUT2D eigenvalue weighted by Gasteiger charge is -2.18. The Labute approximate surface area is 142 Å². The first-order chi connectivity index (χ1) is 11.6. The van der Waals surface area contributed by atoms with E-state index < -0.39 is 16.2 Å². The van der Waals surface area contributed by atoms with Crippen LogP contribution in [0, 0.1) is 6.92 Å². The van der Waals surface area contributed by atoms with Crippen molar-refractivity contribution in [1.29, 1.82) is 0 Å². The standard InChI is InChI=1S/C20H18O3S/c1-16-12-14-19(15-13-16)24(21,22)23-20(17-8-4-2-5-9-17)18-10-6-3-7-11-18/h2-15,20H,1H3. The summed E-state index contributed by atoms with van der Waals surface area (Å²) in [5.74, 6) is 0. The third kappa shape index (κ3) is 3.72. The fourth-order valence-corrected chi connectivity index (χ4v) is 3.50. The van der Waals surface area contributed by atoms with Gasteiger partial charge in [-0.15, -0.1) is 0 Å². The Morgan fingerprint density at radius 1 is 0.708 bits per heavy atom. The van der Waals surface area contributed by atoms with E-state index in [0.29, 0.717) is 0 Å². The molecular formula is C20H18O3S. The summed E-state index contributed by atoms with van der Waals surface area (Å²) in [4.78, 5) is 0.157. The number of rotatable bonds is 5. The summed E-state index contributed by atoms with van der Waals surface area (Å²) >= 11 is 0. The second kappa shape index (κ2) is 6.99. The minimum atomic E-state index is -3.87. The predicted molar refractivity (Wildman–Crippen MR) is 94.2 cm³/mol. The SMILES string of the molecule is Cc1ccc(S(=O)(=O)OC(c2ccccc2)c2ccccc2)cc1. The molecule has 0 atom stereocenters. The molecule has 0 aliphatic carbocycles.